The van der Waals surface area contributed by atoms with Crippen molar-refractivity contribution in [1.29, 1.82) is 0 Å². The summed E-state index contributed by atoms with van der Waals surface area (Å²) in [5.41, 5.74) is 0.995. The van der Waals surface area contributed by atoms with Crippen LogP contribution in [0.15, 0.2) is 24.3 Å². The normalized spacial score (nSPS) is 22.6. The summed E-state index contributed by atoms with van der Waals surface area (Å²) < 4.78 is 5.21. The molecule has 1 aliphatic rings. The van der Waals surface area contributed by atoms with E-state index in [1.54, 1.807) is 7.11 Å². The van der Waals surface area contributed by atoms with Gasteiger partial charge in [0.25, 0.3) is 0 Å². The number of hydrogen-bond donors (Lipinski definition) is 2. The summed E-state index contributed by atoms with van der Waals surface area (Å²) in [6.45, 7) is 8.55. The lowest BCUT2D eigenvalue weighted by atomic mass is 9.83. The first-order valence-corrected chi connectivity index (χ1v) is 9.13. The number of ether oxygens (including phenoxy) is 1. The molecule has 1 aromatic rings. The van der Waals surface area contributed by atoms with Crippen molar-refractivity contribution >= 4 is 5.91 Å². The van der Waals surface area contributed by atoms with Crippen molar-refractivity contribution in [2.24, 2.45) is 11.3 Å². The van der Waals surface area contributed by atoms with Crippen molar-refractivity contribution in [3.8, 4) is 5.75 Å². The average molecular weight is 348 g/mol. The molecule has 2 atom stereocenters. The van der Waals surface area contributed by atoms with Gasteiger partial charge in [-0.3, -0.25) is 9.69 Å². The quantitative estimate of drug-likeness (QED) is 0.795. The average Bonchev–Trinajstić information content (AvgIpc) is 2.59. The van der Waals surface area contributed by atoms with Gasteiger partial charge in [0.05, 0.1) is 19.7 Å². The van der Waals surface area contributed by atoms with Crippen molar-refractivity contribution in [1.82, 2.24) is 10.2 Å². The van der Waals surface area contributed by atoms with Gasteiger partial charge >= 0.3 is 0 Å². The third-order valence-corrected chi connectivity index (χ3v) is 5.07. The van der Waals surface area contributed by atoms with Crippen LogP contribution in [0.5, 0.6) is 5.75 Å². The molecule has 5 nitrogen and oxygen atoms in total. The zero-order valence-corrected chi connectivity index (χ0v) is 15.9. The molecule has 25 heavy (non-hydrogen) atoms. The number of rotatable bonds is 7. The molecule has 1 heterocycles. The third-order valence-electron chi connectivity index (χ3n) is 5.07. The predicted octanol–water partition coefficient (Wildman–Crippen LogP) is 2.60. The van der Waals surface area contributed by atoms with Crippen LogP contribution in [-0.4, -0.2) is 49.3 Å². The first-order valence-electron chi connectivity index (χ1n) is 9.13. The van der Waals surface area contributed by atoms with E-state index in [9.17, 15) is 9.90 Å². The standard InChI is InChI=1S/C20H32N2O3/c1-15(2)19(16-6-8-17(25-4)9-7-16)21-18(24)12-22-11-5-10-20(3,13-22)14-23/h6-9,15,19,23H,5,10-14H2,1-4H3,(H,21,24). The molecule has 1 aliphatic heterocycles. The van der Waals surface area contributed by atoms with Crippen LogP contribution in [0.2, 0.25) is 0 Å². The summed E-state index contributed by atoms with van der Waals surface area (Å²) in [4.78, 5) is 14.7. The van der Waals surface area contributed by atoms with Crippen LogP contribution in [0.4, 0.5) is 0 Å². The molecule has 0 bridgehead atoms. The molecule has 2 rings (SSSR count). The fraction of sp³-hybridized carbons (Fsp3) is 0.650. The molecule has 1 fully saturated rings. The van der Waals surface area contributed by atoms with Gasteiger partial charge in [0.2, 0.25) is 5.91 Å². The molecule has 0 saturated carbocycles. The van der Waals surface area contributed by atoms with Gasteiger partial charge in [-0.05, 0) is 43.0 Å². The highest BCUT2D eigenvalue weighted by molar-refractivity contribution is 5.78. The van der Waals surface area contributed by atoms with Crippen molar-refractivity contribution in [2.75, 3.05) is 33.4 Å². The first kappa shape index (κ1) is 19.7. The minimum absolute atomic E-state index is 0.0209. The van der Waals surface area contributed by atoms with E-state index in [2.05, 4.69) is 31.0 Å². The zero-order chi connectivity index (χ0) is 18.4. The van der Waals surface area contributed by atoms with E-state index in [1.165, 1.54) is 0 Å². The van der Waals surface area contributed by atoms with Gasteiger partial charge in [0, 0.05) is 18.6 Å². The minimum Gasteiger partial charge on any atom is -0.497 e. The second-order valence-corrected chi connectivity index (χ2v) is 7.85. The first-order chi connectivity index (χ1) is 11.9. The van der Waals surface area contributed by atoms with E-state index in [1.807, 2.05) is 24.3 Å². The Labute approximate surface area is 151 Å². The number of carbonyl (C=O) groups excluding carboxylic acids is 1. The second kappa shape index (κ2) is 8.68. The van der Waals surface area contributed by atoms with Gasteiger partial charge in [-0.1, -0.05) is 32.9 Å². The van der Waals surface area contributed by atoms with Crippen LogP contribution in [0.1, 0.15) is 45.2 Å². The van der Waals surface area contributed by atoms with E-state index in [0.29, 0.717) is 12.5 Å². The summed E-state index contributed by atoms with van der Waals surface area (Å²) in [5, 5.41) is 12.8. The number of likely N-dealkylation sites (tertiary alicyclic amines) is 1. The van der Waals surface area contributed by atoms with Crippen LogP contribution in [0, 0.1) is 11.3 Å². The van der Waals surface area contributed by atoms with Crippen LogP contribution < -0.4 is 10.1 Å². The molecule has 0 spiro atoms. The highest BCUT2D eigenvalue weighted by atomic mass is 16.5. The number of hydrogen-bond acceptors (Lipinski definition) is 4. The lowest BCUT2D eigenvalue weighted by molar-refractivity contribution is -0.124. The van der Waals surface area contributed by atoms with Gasteiger partial charge in [-0.25, -0.2) is 0 Å². The molecule has 0 radical (unpaired) electrons. The maximum atomic E-state index is 12.6. The van der Waals surface area contributed by atoms with Gasteiger partial charge in [0.1, 0.15) is 5.75 Å². The van der Waals surface area contributed by atoms with Gasteiger partial charge in [-0.15, -0.1) is 0 Å². The number of nitrogens with one attached hydrogen (secondary N) is 1. The molecule has 0 aliphatic carbocycles. The molecule has 1 amide bonds. The Bertz CT molecular complexity index is 559. The molecular weight excluding hydrogens is 316 g/mol. The maximum absolute atomic E-state index is 12.6. The monoisotopic (exact) mass is 348 g/mol. The topological polar surface area (TPSA) is 61.8 Å². The number of aliphatic hydroxyl groups is 1. The largest absolute Gasteiger partial charge is 0.497 e. The summed E-state index contributed by atoms with van der Waals surface area (Å²) in [6.07, 6.45) is 2.04. The number of amides is 1. The van der Waals surface area contributed by atoms with Crippen LogP contribution in [-0.2, 0) is 4.79 Å². The van der Waals surface area contributed by atoms with Crippen LogP contribution >= 0.6 is 0 Å². The maximum Gasteiger partial charge on any atom is 0.234 e. The van der Waals surface area contributed by atoms with E-state index in [-0.39, 0.29) is 24.0 Å². The van der Waals surface area contributed by atoms with Crippen molar-refractivity contribution < 1.29 is 14.6 Å². The number of piperidine rings is 1. The number of nitrogens with zero attached hydrogens (tertiary/aromatic N) is 1. The molecule has 2 N–H and O–H groups in total. The fourth-order valence-corrected chi connectivity index (χ4v) is 3.56. The fourth-order valence-electron chi connectivity index (χ4n) is 3.56. The SMILES string of the molecule is COc1ccc(C(NC(=O)CN2CCCC(C)(CO)C2)C(C)C)cc1. The smallest absolute Gasteiger partial charge is 0.234 e. The molecule has 2 unspecified atom stereocenters. The summed E-state index contributed by atoms with van der Waals surface area (Å²) >= 11 is 0. The number of carbonyl (C=O) groups is 1. The van der Waals surface area contributed by atoms with Gasteiger partial charge in [-0.2, -0.15) is 0 Å². The molecule has 5 heteroatoms. The Morgan fingerprint density at radius 2 is 2.04 bits per heavy atom. The second-order valence-electron chi connectivity index (χ2n) is 7.85. The lowest BCUT2D eigenvalue weighted by Gasteiger charge is -2.39. The Balaban J connectivity index is 1.98. The Kier molecular flexibility index (Phi) is 6.85. The van der Waals surface area contributed by atoms with E-state index >= 15 is 0 Å². The molecular formula is C20H32N2O3. The Hall–Kier alpha value is -1.59. The van der Waals surface area contributed by atoms with E-state index in [4.69, 9.17) is 4.74 Å². The summed E-state index contributed by atoms with van der Waals surface area (Å²) in [7, 11) is 1.65. The summed E-state index contributed by atoms with van der Waals surface area (Å²) in [6, 6.07) is 7.84. The molecule has 140 valence electrons. The van der Waals surface area contributed by atoms with Crippen LogP contribution in [0.3, 0.4) is 0 Å². The molecule has 0 aromatic heterocycles. The number of methoxy groups -OCH3 is 1. The highest BCUT2D eigenvalue weighted by Crippen LogP contribution is 2.29. The van der Waals surface area contributed by atoms with Crippen molar-refractivity contribution in [2.45, 2.75) is 39.7 Å². The van der Waals surface area contributed by atoms with Gasteiger partial charge < -0.3 is 15.2 Å². The van der Waals surface area contributed by atoms with E-state index < -0.39 is 0 Å². The van der Waals surface area contributed by atoms with Crippen molar-refractivity contribution in [3.05, 3.63) is 29.8 Å². The highest BCUT2D eigenvalue weighted by Gasteiger charge is 2.31. The molecule has 1 aromatic carbocycles. The van der Waals surface area contributed by atoms with Crippen LogP contribution in [0.25, 0.3) is 0 Å². The third kappa shape index (κ3) is 5.44. The molecule has 1 saturated heterocycles. The Morgan fingerprint density at radius 1 is 1.36 bits per heavy atom. The number of benzene rings is 1. The predicted molar refractivity (Wildman–Crippen MR) is 99.6 cm³/mol. The lowest BCUT2D eigenvalue weighted by Crippen LogP contribution is -2.48. The number of aliphatic hydroxyl groups excluding tert-OH is 1. The van der Waals surface area contributed by atoms with Crippen molar-refractivity contribution in [3.63, 3.8) is 0 Å². The Morgan fingerprint density at radius 3 is 2.60 bits per heavy atom. The van der Waals surface area contributed by atoms with E-state index in [0.717, 1.165) is 37.2 Å². The van der Waals surface area contributed by atoms with Gasteiger partial charge in [0.15, 0.2) is 0 Å². The minimum atomic E-state index is -0.0913. The zero-order valence-electron chi connectivity index (χ0n) is 15.9. The summed E-state index contributed by atoms with van der Waals surface area (Å²) in [5.74, 6) is 1.15.